The zero-order valence-corrected chi connectivity index (χ0v) is 15.5. The van der Waals surface area contributed by atoms with Gasteiger partial charge in [-0.25, -0.2) is 14.7 Å². The highest BCUT2D eigenvalue weighted by atomic mass is 16.5. The van der Waals surface area contributed by atoms with Crippen molar-refractivity contribution in [2.24, 2.45) is 7.05 Å². The highest BCUT2D eigenvalue weighted by Gasteiger charge is 2.21. The molecule has 7 nitrogen and oxygen atoms in total. The summed E-state index contributed by atoms with van der Waals surface area (Å²) in [5.41, 5.74) is 4.07. The Morgan fingerprint density at radius 1 is 1.23 bits per heavy atom. The van der Waals surface area contributed by atoms with Gasteiger partial charge in [0.05, 0.1) is 18.6 Å². The molecular formula is C19H24N6O. The molecule has 0 aliphatic carbocycles. The zero-order valence-electron chi connectivity index (χ0n) is 15.5. The third-order valence-corrected chi connectivity index (χ3v) is 4.72. The van der Waals surface area contributed by atoms with E-state index >= 15 is 0 Å². The van der Waals surface area contributed by atoms with Crippen LogP contribution in [0.5, 0.6) is 0 Å². The van der Waals surface area contributed by atoms with E-state index < -0.39 is 0 Å². The van der Waals surface area contributed by atoms with Gasteiger partial charge in [0.15, 0.2) is 5.65 Å². The van der Waals surface area contributed by atoms with Crippen molar-refractivity contribution in [1.82, 2.24) is 24.8 Å². The standard InChI is InChI=1S/C19H24N6O/c1-4-25(24-8-10-26-11-9-24)19-20-13-16-17(22-23(3)18(16)21-19)15-7-5-6-14(2)12-15/h5-7,12-13H,4,8-11H2,1-3H3. The first-order valence-corrected chi connectivity index (χ1v) is 9.04. The normalized spacial score (nSPS) is 15.5. The number of ether oxygens (including phenoxy) is 1. The van der Waals surface area contributed by atoms with Crippen LogP contribution in [0.2, 0.25) is 0 Å². The molecule has 136 valence electrons. The van der Waals surface area contributed by atoms with Crippen molar-refractivity contribution in [2.45, 2.75) is 13.8 Å². The van der Waals surface area contributed by atoms with Gasteiger partial charge in [-0.3, -0.25) is 5.01 Å². The van der Waals surface area contributed by atoms with Gasteiger partial charge in [0, 0.05) is 38.4 Å². The Kier molecular flexibility index (Phi) is 4.57. The summed E-state index contributed by atoms with van der Waals surface area (Å²) in [6, 6.07) is 8.36. The molecule has 1 aromatic carbocycles. The van der Waals surface area contributed by atoms with Crippen LogP contribution in [0.1, 0.15) is 12.5 Å². The molecule has 26 heavy (non-hydrogen) atoms. The largest absolute Gasteiger partial charge is 0.379 e. The maximum absolute atomic E-state index is 5.46. The van der Waals surface area contributed by atoms with Gasteiger partial charge in [-0.1, -0.05) is 23.8 Å². The van der Waals surface area contributed by atoms with Crippen LogP contribution in [0.25, 0.3) is 22.3 Å². The van der Waals surface area contributed by atoms with Crippen molar-refractivity contribution in [3.05, 3.63) is 36.0 Å². The summed E-state index contributed by atoms with van der Waals surface area (Å²) < 4.78 is 7.30. The Morgan fingerprint density at radius 3 is 2.77 bits per heavy atom. The average molecular weight is 352 g/mol. The molecule has 0 N–H and O–H groups in total. The zero-order chi connectivity index (χ0) is 18.1. The number of fused-ring (bicyclic) bond motifs is 1. The van der Waals surface area contributed by atoms with Gasteiger partial charge >= 0.3 is 0 Å². The quantitative estimate of drug-likeness (QED) is 0.719. The minimum absolute atomic E-state index is 0.709. The molecule has 0 spiro atoms. The van der Waals surface area contributed by atoms with Crippen LogP contribution in [0, 0.1) is 6.92 Å². The topological polar surface area (TPSA) is 59.3 Å². The Balaban J connectivity index is 1.75. The second kappa shape index (κ2) is 7.01. The number of hydrogen-bond donors (Lipinski definition) is 0. The highest BCUT2D eigenvalue weighted by molar-refractivity contribution is 5.91. The van der Waals surface area contributed by atoms with E-state index in [4.69, 9.17) is 14.8 Å². The van der Waals surface area contributed by atoms with Gasteiger partial charge < -0.3 is 4.74 Å². The lowest BCUT2D eigenvalue weighted by Crippen LogP contribution is -2.49. The molecule has 1 fully saturated rings. The van der Waals surface area contributed by atoms with Crippen molar-refractivity contribution in [3.63, 3.8) is 0 Å². The fourth-order valence-corrected chi connectivity index (χ4v) is 3.42. The van der Waals surface area contributed by atoms with Crippen molar-refractivity contribution in [2.75, 3.05) is 37.9 Å². The maximum atomic E-state index is 5.46. The summed E-state index contributed by atoms with van der Waals surface area (Å²) in [7, 11) is 1.93. The molecule has 0 radical (unpaired) electrons. The van der Waals surface area contributed by atoms with E-state index in [1.807, 2.05) is 17.9 Å². The van der Waals surface area contributed by atoms with Crippen LogP contribution in [-0.4, -0.2) is 57.6 Å². The SMILES string of the molecule is CCN(c1ncc2c(-c3cccc(C)c3)nn(C)c2n1)N1CCOCC1. The number of rotatable bonds is 4. The summed E-state index contributed by atoms with van der Waals surface area (Å²) in [5.74, 6) is 0.709. The number of benzene rings is 1. The van der Waals surface area contributed by atoms with Crippen molar-refractivity contribution >= 4 is 17.0 Å². The van der Waals surface area contributed by atoms with Crippen LogP contribution in [0.4, 0.5) is 5.95 Å². The lowest BCUT2D eigenvalue weighted by atomic mass is 10.1. The summed E-state index contributed by atoms with van der Waals surface area (Å²) in [5, 5.41) is 10.1. The van der Waals surface area contributed by atoms with Gasteiger partial charge in [0.2, 0.25) is 5.95 Å². The summed E-state index contributed by atoms with van der Waals surface area (Å²) in [6.07, 6.45) is 1.89. The molecule has 1 aliphatic rings. The lowest BCUT2D eigenvalue weighted by molar-refractivity contribution is 0.0314. The van der Waals surface area contributed by atoms with E-state index in [1.165, 1.54) is 5.56 Å². The van der Waals surface area contributed by atoms with E-state index in [-0.39, 0.29) is 0 Å². The van der Waals surface area contributed by atoms with E-state index in [2.05, 4.69) is 53.1 Å². The van der Waals surface area contributed by atoms with E-state index in [1.54, 1.807) is 0 Å². The van der Waals surface area contributed by atoms with Crippen LogP contribution in [0.3, 0.4) is 0 Å². The van der Waals surface area contributed by atoms with Gasteiger partial charge in [-0.05, 0) is 19.9 Å². The van der Waals surface area contributed by atoms with Crippen LogP contribution in [0.15, 0.2) is 30.5 Å². The first kappa shape index (κ1) is 16.9. The molecule has 0 unspecified atom stereocenters. The Hall–Kier alpha value is -2.51. The predicted molar refractivity (Wildman–Crippen MR) is 102 cm³/mol. The smallest absolute Gasteiger partial charge is 0.242 e. The fraction of sp³-hybridized carbons (Fsp3) is 0.421. The maximum Gasteiger partial charge on any atom is 0.242 e. The minimum Gasteiger partial charge on any atom is -0.379 e. The number of anilines is 1. The van der Waals surface area contributed by atoms with Gasteiger partial charge in [-0.2, -0.15) is 10.1 Å². The number of nitrogens with zero attached hydrogens (tertiary/aromatic N) is 6. The monoisotopic (exact) mass is 352 g/mol. The molecule has 1 saturated heterocycles. The average Bonchev–Trinajstić information content (AvgIpc) is 3.00. The number of aromatic nitrogens is 4. The molecule has 3 heterocycles. The Morgan fingerprint density at radius 2 is 2.04 bits per heavy atom. The molecule has 7 heteroatoms. The Bertz CT molecular complexity index is 916. The molecule has 0 saturated carbocycles. The summed E-state index contributed by atoms with van der Waals surface area (Å²) in [4.78, 5) is 9.48. The van der Waals surface area contributed by atoms with Gasteiger partial charge in [0.1, 0.15) is 5.69 Å². The Labute approximate surface area is 153 Å². The predicted octanol–water partition coefficient (Wildman–Crippen LogP) is 2.41. The van der Waals surface area contributed by atoms with E-state index in [9.17, 15) is 0 Å². The molecular weight excluding hydrogens is 328 g/mol. The van der Waals surface area contributed by atoms with Crippen LogP contribution in [-0.2, 0) is 11.8 Å². The highest BCUT2D eigenvalue weighted by Crippen LogP contribution is 2.28. The van der Waals surface area contributed by atoms with Crippen LogP contribution >= 0.6 is 0 Å². The van der Waals surface area contributed by atoms with Crippen LogP contribution < -0.4 is 5.01 Å². The van der Waals surface area contributed by atoms with Gasteiger partial charge in [-0.15, -0.1) is 0 Å². The number of hydrazine groups is 1. The molecule has 0 bridgehead atoms. The molecule has 2 aromatic heterocycles. The van der Waals surface area contributed by atoms with Crippen molar-refractivity contribution < 1.29 is 4.74 Å². The first-order valence-electron chi connectivity index (χ1n) is 9.04. The second-order valence-corrected chi connectivity index (χ2v) is 6.53. The third kappa shape index (κ3) is 3.04. The number of hydrogen-bond acceptors (Lipinski definition) is 6. The molecule has 1 aliphatic heterocycles. The molecule has 0 amide bonds. The lowest BCUT2D eigenvalue weighted by Gasteiger charge is -2.36. The van der Waals surface area contributed by atoms with E-state index in [0.29, 0.717) is 5.95 Å². The summed E-state index contributed by atoms with van der Waals surface area (Å²) >= 11 is 0. The number of aryl methyl sites for hydroxylation is 2. The molecule has 0 atom stereocenters. The van der Waals surface area contributed by atoms with Crippen molar-refractivity contribution in [3.8, 4) is 11.3 Å². The second-order valence-electron chi connectivity index (χ2n) is 6.53. The summed E-state index contributed by atoms with van der Waals surface area (Å²) in [6.45, 7) is 8.21. The van der Waals surface area contributed by atoms with Gasteiger partial charge in [0.25, 0.3) is 0 Å². The van der Waals surface area contributed by atoms with Crippen molar-refractivity contribution in [1.29, 1.82) is 0 Å². The molecule has 3 aromatic rings. The third-order valence-electron chi connectivity index (χ3n) is 4.72. The number of morpholine rings is 1. The van der Waals surface area contributed by atoms with E-state index in [0.717, 1.165) is 55.1 Å². The fourth-order valence-electron chi connectivity index (χ4n) is 3.42. The minimum atomic E-state index is 0.709. The molecule has 4 rings (SSSR count). The first-order chi connectivity index (χ1) is 12.7.